The number of halogens is 1. The first kappa shape index (κ1) is 23.7. The molecule has 33 heavy (non-hydrogen) atoms. The molecule has 2 amide bonds. The zero-order valence-electron chi connectivity index (χ0n) is 17.7. The molecule has 0 aliphatic rings. The van der Waals surface area contributed by atoms with Crippen LogP contribution in [-0.4, -0.2) is 24.6 Å². The maximum Gasteiger partial charge on any atom is 0.513 e. The van der Waals surface area contributed by atoms with Crippen molar-refractivity contribution in [2.24, 2.45) is 0 Å². The molecule has 3 aromatic rings. The number of benzene rings is 3. The summed E-state index contributed by atoms with van der Waals surface area (Å²) in [5.41, 5.74) is 2.30. The van der Waals surface area contributed by atoms with E-state index >= 15 is 0 Å². The molecule has 0 aliphatic heterocycles. The van der Waals surface area contributed by atoms with E-state index in [1.165, 1.54) is 30.3 Å². The number of nitrogens with one attached hydrogen (secondary N) is 2. The van der Waals surface area contributed by atoms with Crippen LogP contribution in [0.2, 0.25) is 0 Å². The van der Waals surface area contributed by atoms with Crippen molar-refractivity contribution in [3.05, 3.63) is 94.5 Å². The Hall–Kier alpha value is -3.91. The van der Waals surface area contributed by atoms with Gasteiger partial charge in [-0.1, -0.05) is 40.2 Å². The largest absolute Gasteiger partial charge is 0.513 e. The molecule has 8 heteroatoms. The molecule has 0 saturated heterocycles. The van der Waals surface area contributed by atoms with Crippen LogP contribution in [0.5, 0.6) is 5.75 Å². The molecule has 0 heterocycles. The minimum absolute atomic E-state index is 0.208. The summed E-state index contributed by atoms with van der Waals surface area (Å²) in [5, 5.41) is 5.54. The highest BCUT2D eigenvalue weighted by atomic mass is 79.9. The second kappa shape index (κ2) is 11.6. The molecular formula is C25H21BrN2O5. The fourth-order valence-corrected chi connectivity index (χ4v) is 3.17. The summed E-state index contributed by atoms with van der Waals surface area (Å²) in [6, 6.07) is 20.4. The van der Waals surface area contributed by atoms with Crippen LogP contribution in [0, 0.1) is 0 Å². The SMILES string of the molecule is CCOC(=O)Oc1ccc(C(=O)Nc2cccc(NC(=O)/C=C/c3ccccc3Br)c2)cc1. The molecule has 2 N–H and O–H groups in total. The van der Waals surface area contributed by atoms with Gasteiger partial charge in [0, 0.05) is 27.5 Å². The van der Waals surface area contributed by atoms with E-state index in [0.29, 0.717) is 16.9 Å². The molecular weight excluding hydrogens is 488 g/mol. The maximum absolute atomic E-state index is 12.5. The van der Waals surface area contributed by atoms with E-state index in [0.717, 1.165) is 10.0 Å². The molecule has 168 valence electrons. The van der Waals surface area contributed by atoms with Crippen molar-refractivity contribution >= 4 is 51.4 Å². The number of ether oxygens (including phenoxy) is 2. The average molecular weight is 509 g/mol. The van der Waals surface area contributed by atoms with Gasteiger partial charge in [-0.15, -0.1) is 0 Å². The Morgan fingerprint density at radius 3 is 2.30 bits per heavy atom. The highest BCUT2D eigenvalue weighted by Gasteiger charge is 2.09. The van der Waals surface area contributed by atoms with E-state index in [9.17, 15) is 14.4 Å². The Bertz CT molecular complexity index is 1180. The fourth-order valence-electron chi connectivity index (χ4n) is 2.76. The lowest BCUT2D eigenvalue weighted by molar-refractivity contribution is -0.111. The number of rotatable bonds is 7. The average Bonchev–Trinajstić information content (AvgIpc) is 2.79. The third-order valence-corrected chi connectivity index (χ3v) is 5.01. The minimum Gasteiger partial charge on any atom is -0.434 e. The lowest BCUT2D eigenvalue weighted by Crippen LogP contribution is -2.13. The van der Waals surface area contributed by atoms with E-state index in [-0.39, 0.29) is 24.2 Å². The van der Waals surface area contributed by atoms with E-state index in [4.69, 9.17) is 9.47 Å². The minimum atomic E-state index is -0.806. The second-order valence-corrected chi connectivity index (χ2v) is 7.54. The summed E-state index contributed by atoms with van der Waals surface area (Å²) in [6.07, 6.45) is 2.34. The van der Waals surface area contributed by atoms with Gasteiger partial charge >= 0.3 is 6.16 Å². The van der Waals surface area contributed by atoms with Crippen LogP contribution in [0.4, 0.5) is 16.2 Å². The Morgan fingerprint density at radius 2 is 1.61 bits per heavy atom. The van der Waals surface area contributed by atoms with Gasteiger partial charge in [0.25, 0.3) is 5.91 Å². The summed E-state index contributed by atoms with van der Waals surface area (Å²) in [4.78, 5) is 36.1. The van der Waals surface area contributed by atoms with Gasteiger partial charge in [-0.2, -0.15) is 0 Å². The third-order valence-electron chi connectivity index (χ3n) is 4.29. The van der Waals surface area contributed by atoms with Gasteiger partial charge in [-0.05, 0) is 67.1 Å². The third kappa shape index (κ3) is 7.33. The highest BCUT2D eigenvalue weighted by Crippen LogP contribution is 2.19. The van der Waals surface area contributed by atoms with Crippen molar-refractivity contribution in [2.75, 3.05) is 17.2 Å². The van der Waals surface area contributed by atoms with E-state index in [1.807, 2.05) is 24.3 Å². The van der Waals surface area contributed by atoms with Gasteiger partial charge in [0.05, 0.1) is 6.61 Å². The zero-order valence-corrected chi connectivity index (χ0v) is 19.3. The van der Waals surface area contributed by atoms with Crippen molar-refractivity contribution in [3.8, 4) is 5.75 Å². The number of carbonyl (C=O) groups is 3. The lowest BCUT2D eigenvalue weighted by Gasteiger charge is -2.09. The van der Waals surface area contributed by atoms with Crippen molar-refractivity contribution in [1.29, 1.82) is 0 Å². The molecule has 0 fully saturated rings. The van der Waals surface area contributed by atoms with E-state index in [1.54, 1.807) is 37.3 Å². The summed E-state index contributed by atoms with van der Waals surface area (Å²) in [6.45, 7) is 1.88. The van der Waals surface area contributed by atoms with Crippen LogP contribution in [0.3, 0.4) is 0 Å². The predicted molar refractivity (Wildman–Crippen MR) is 130 cm³/mol. The van der Waals surface area contributed by atoms with Gasteiger partial charge in [-0.25, -0.2) is 4.79 Å². The summed E-state index contributed by atoms with van der Waals surface area (Å²) >= 11 is 3.43. The Balaban J connectivity index is 1.59. The Labute approximate surface area is 199 Å². The number of carbonyl (C=O) groups excluding carboxylic acids is 3. The number of anilines is 2. The summed E-state index contributed by atoms with van der Waals surface area (Å²) in [5.74, 6) is -0.383. The first-order chi connectivity index (χ1) is 15.9. The normalized spacial score (nSPS) is 10.5. The van der Waals surface area contributed by atoms with Gasteiger partial charge in [0.15, 0.2) is 0 Å². The van der Waals surface area contributed by atoms with Gasteiger partial charge in [0.1, 0.15) is 5.75 Å². The van der Waals surface area contributed by atoms with Crippen molar-refractivity contribution in [1.82, 2.24) is 0 Å². The number of hydrogen-bond acceptors (Lipinski definition) is 5. The van der Waals surface area contributed by atoms with Crippen LogP contribution in [0.1, 0.15) is 22.8 Å². The number of amides is 2. The van der Waals surface area contributed by atoms with Crippen LogP contribution < -0.4 is 15.4 Å². The fraction of sp³-hybridized carbons (Fsp3) is 0.0800. The summed E-state index contributed by atoms with van der Waals surface area (Å²) in [7, 11) is 0. The molecule has 0 unspecified atom stereocenters. The van der Waals surface area contributed by atoms with E-state index in [2.05, 4.69) is 26.6 Å². The predicted octanol–water partition coefficient (Wildman–Crippen LogP) is 5.89. The van der Waals surface area contributed by atoms with Crippen molar-refractivity contribution in [3.63, 3.8) is 0 Å². The molecule has 0 aromatic heterocycles. The van der Waals surface area contributed by atoms with Crippen LogP contribution >= 0.6 is 15.9 Å². The molecule has 0 atom stereocenters. The molecule has 0 spiro atoms. The first-order valence-electron chi connectivity index (χ1n) is 10.0. The molecule has 0 saturated carbocycles. The Morgan fingerprint density at radius 1 is 0.909 bits per heavy atom. The molecule has 0 aliphatic carbocycles. The van der Waals surface area contributed by atoms with Crippen LogP contribution in [-0.2, 0) is 9.53 Å². The first-order valence-corrected chi connectivity index (χ1v) is 10.8. The van der Waals surface area contributed by atoms with Gasteiger partial charge < -0.3 is 20.1 Å². The standard InChI is InChI=1S/C25H21BrN2O5/c1-2-32-25(31)33-21-13-10-18(11-14-21)24(30)28-20-8-5-7-19(16-20)27-23(29)15-12-17-6-3-4-9-22(17)26/h3-16H,2H2,1H3,(H,27,29)(H,28,30)/b15-12+. The topological polar surface area (TPSA) is 93.7 Å². The van der Waals surface area contributed by atoms with Crippen molar-refractivity contribution in [2.45, 2.75) is 6.92 Å². The molecule has 3 rings (SSSR count). The van der Waals surface area contributed by atoms with Crippen LogP contribution in [0.25, 0.3) is 6.08 Å². The Kier molecular flexibility index (Phi) is 8.37. The van der Waals surface area contributed by atoms with Crippen LogP contribution in [0.15, 0.2) is 83.3 Å². The highest BCUT2D eigenvalue weighted by molar-refractivity contribution is 9.10. The second-order valence-electron chi connectivity index (χ2n) is 6.69. The lowest BCUT2D eigenvalue weighted by atomic mass is 10.2. The van der Waals surface area contributed by atoms with Gasteiger partial charge in [-0.3, -0.25) is 9.59 Å². The van der Waals surface area contributed by atoms with Gasteiger partial charge in [0.2, 0.25) is 5.91 Å². The smallest absolute Gasteiger partial charge is 0.434 e. The van der Waals surface area contributed by atoms with Crippen molar-refractivity contribution < 1.29 is 23.9 Å². The molecule has 3 aromatic carbocycles. The molecule has 0 radical (unpaired) electrons. The number of hydrogen-bond donors (Lipinski definition) is 2. The monoisotopic (exact) mass is 508 g/mol. The summed E-state index contributed by atoms with van der Waals surface area (Å²) < 4.78 is 10.6. The zero-order chi connectivity index (χ0) is 23.6. The molecule has 7 nitrogen and oxygen atoms in total. The molecule has 0 bridgehead atoms. The maximum atomic E-state index is 12.5. The van der Waals surface area contributed by atoms with E-state index < -0.39 is 6.16 Å². The quantitative estimate of drug-likeness (QED) is 0.235.